The zero-order valence-electron chi connectivity index (χ0n) is 9.24. The van der Waals surface area contributed by atoms with Crippen LogP contribution in [0, 0.1) is 0 Å². The highest BCUT2D eigenvalue weighted by Crippen LogP contribution is 2.25. The first-order valence-corrected chi connectivity index (χ1v) is 5.58. The van der Waals surface area contributed by atoms with Crippen LogP contribution in [0.25, 0.3) is 0 Å². The Kier molecular flexibility index (Phi) is 3.23. The third-order valence-electron chi connectivity index (χ3n) is 3.15. The van der Waals surface area contributed by atoms with Crippen molar-refractivity contribution in [1.29, 1.82) is 0 Å². The van der Waals surface area contributed by atoms with E-state index in [0.29, 0.717) is 6.04 Å². The Hall–Kier alpha value is -1.06. The molecule has 1 saturated heterocycles. The van der Waals surface area contributed by atoms with Crippen LogP contribution in [0.4, 0.5) is 5.69 Å². The smallest absolute Gasteiger partial charge is 0.0362 e. The summed E-state index contributed by atoms with van der Waals surface area (Å²) >= 11 is 0. The van der Waals surface area contributed by atoms with Gasteiger partial charge in [0.15, 0.2) is 0 Å². The monoisotopic (exact) mass is 205 g/mol. The van der Waals surface area contributed by atoms with Crippen LogP contribution >= 0.6 is 0 Å². The highest BCUT2D eigenvalue weighted by Gasteiger charge is 2.18. The van der Waals surface area contributed by atoms with Crippen LogP contribution in [-0.2, 0) is 0 Å². The van der Waals surface area contributed by atoms with Gasteiger partial charge in [-0.1, -0.05) is 18.2 Å². The molecule has 0 aliphatic carbocycles. The Bertz CT molecular complexity index is 318. The lowest BCUT2D eigenvalue weighted by atomic mass is 10.0. The van der Waals surface area contributed by atoms with Gasteiger partial charge in [0.2, 0.25) is 0 Å². The van der Waals surface area contributed by atoms with Gasteiger partial charge in [-0.3, -0.25) is 4.90 Å². The number of hydrogen-bond donors (Lipinski definition) is 2. The summed E-state index contributed by atoms with van der Waals surface area (Å²) in [5.74, 6) is 0. The van der Waals surface area contributed by atoms with Gasteiger partial charge in [0.25, 0.3) is 0 Å². The molecule has 0 amide bonds. The summed E-state index contributed by atoms with van der Waals surface area (Å²) in [6, 6.07) is 8.58. The molecular formula is C12H19N3. The van der Waals surface area contributed by atoms with Crippen molar-refractivity contribution in [3.05, 3.63) is 29.8 Å². The second-order valence-electron chi connectivity index (χ2n) is 4.09. The van der Waals surface area contributed by atoms with Crippen molar-refractivity contribution in [3.8, 4) is 0 Å². The minimum Gasteiger partial charge on any atom is -0.398 e. The first kappa shape index (κ1) is 10.5. The van der Waals surface area contributed by atoms with Crippen LogP contribution < -0.4 is 11.1 Å². The number of nitrogen functional groups attached to an aromatic ring is 1. The van der Waals surface area contributed by atoms with Crippen LogP contribution in [0.15, 0.2) is 24.3 Å². The molecule has 2 rings (SSSR count). The summed E-state index contributed by atoms with van der Waals surface area (Å²) in [6.45, 7) is 6.61. The Morgan fingerprint density at radius 1 is 1.27 bits per heavy atom. The van der Waals surface area contributed by atoms with E-state index >= 15 is 0 Å². The van der Waals surface area contributed by atoms with E-state index in [2.05, 4.69) is 29.3 Å². The van der Waals surface area contributed by atoms with Crippen molar-refractivity contribution >= 4 is 5.69 Å². The lowest BCUT2D eigenvalue weighted by Crippen LogP contribution is -2.44. The summed E-state index contributed by atoms with van der Waals surface area (Å²) in [7, 11) is 0. The summed E-state index contributed by atoms with van der Waals surface area (Å²) in [5, 5.41) is 3.36. The SMILES string of the molecule is CC(c1ccccc1N)N1CCNCC1. The lowest BCUT2D eigenvalue weighted by molar-refractivity contribution is 0.186. The van der Waals surface area contributed by atoms with Crippen LogP contribution in [0.5, 0.6) is 0 Å². The Balaban J connectivity index is 2.12. The molecule has 0 bridgehead atoms. The molecule has 1 aliphatic heterocycles. The molecule has 1 aromatic carbocycles. The molecule has 3 N–H and O–H groups in total. The van der Waals surface area contributed by atoms with E-state index in [4.69, 9.17) is 5.73 Å². The van der Waals surface area contributed by atoms with Crippen molar-refractivity contribution in [2.24, 2.45) is 0 Å². The topological polar surface area (TPSA) is 41.3 Å². The van der Waals surface area contributed by atoms with E-state index in [0.717, 1.165) is 31.9 Å². The van der Waals surface area contributed by atoms with Crippen molar-refractivity contribution in [1.82, 2.24) is 10.2 Å². The number of piperazine rings is 1. The van der Waals surface area contributed by atoms with Gasteiger partial charge in [0.05, 0.1) is 0 Å². The first-order valence-electron chi connectivity index (χ1n) is 5.58. The van der Waals surface area contributed by atoms with E-state index in [1.54, 1.807) is 0 Å². The highest BCUT2D eigenvalue weighted by molar-refractivity contribution is 5.47. The van der Waals surface area contributed by atoms with E-state index in [1.165, 1.54) is 5.56 Å². The largest absolute Gasteiger partial charge is 0.398 e. The molecule has 82 valence electrons. The van der Waals surface area contributed by atoms with Gasteiger partial charge in [-0.05, 0) is 18.6 Å². The van der Waals surface area contributed by atoms with Crippen LogP contribution in [0.3, 0.4) is 0 Å². The maximum absolute atomic E-state index is 5.99. The molecule has 1 unspecified atom stereocenters. The third kappa shape index (κ3) is 2.30. The molecule has 15 heavy (non-hydrogen) atoms. The minimum absolute atomic E-state index is 0.424. The molecule has 1 aliphatic rings. The molecule has 1 aromatic rings. The summed E-state index contributed by atoms with van der Waals surface area (Å²) < 4.78 is 0. The molecular weight excluding hydrogens is 186 g/mol. The molecule has 3 heteroatoms. The number of nitrogens with zero attached hydrogens (tertiary/aromatic N) is 1. The van der Waals surface area contributed by atoms with Gasteiger partial charge in [0, 0.05) is 37.9 Å². The van der Waals surface area contributed by atoms with E-state index in [-0.39, 0.29) is 0 Å². The fourth-order valence-electron chi connectivity index (χ4n) is 2.16. The van der Waals surface area contributed by atoms with Crippen LogP contribution in [-0.4, -0.2) is 31.1 Å². The predicted molar refractivity (Wildman–Crippen MR) is 63.7 cm³/mol. The molecule has 1 fully saturated rings. The second kappa shape index (κ2) is 4.64. The molecule has 1 atom stereocenters. The Morgan fingerprint density at radius 2 is 1.93 bits per heavy atom. The molecule has 0 saturated carbocycles. The summed E-state index contributed by atoms with van der Waals surface area (Å²) in [6.07, 6.45) is 0. The van der Waals surface area contributed by atoms with Gasteiger partial charge in [-0.2, -0.15) is 0 Å². The standard InChI is InChI=1S/C12H19N3/c1-10(15-8-6-14-7-9-15)11-4-2-3-5-12(11)13/h2-5,10,14H,6-9,13H2,1H3. The fourth-order valence-corrected chi connectivity index (χ4v) is 2.16. The van der Waals surface area contributed by atoms with Crippen LogP contribution in [0.2, 0.25) is 0 Å². The Labute approximate surface area is 91.3 Å². The van der Waals surface area contributed by atoms with Gasteiger partial charge >= 0.3 is 0 Å². The maximum Gasteiger partial charge on any atom is 0.0362 e. The van der Waals surface area contributed by atoms with Crippen molar-refractivity contribution < 1.29 is 0 Å². The lowest BCUT2D eigenvalue weighted by Gasteiger charge is -2.33. The summed E-state index contributed by atoms with van der Waals surface area (Å²) in [5.41, 5.74) is 8.14. The fraction of sp³-hybridized carbons (Fsp3) is 0.500. The second-order valence-corrected chi connectivity index (χ2v) is 4.09. The average Bonchev–Trinajstić information content (AvgIpc) is 2.30. The maximum atomic E-state index is 5.99. The van der Waals surface area contributed by atoms with Gasteiger partial charge < -0.3 is 11.1 Å². The number of benzene rings is 1. The quantitative estimate of drug-likeness (QED) is 0.714. The minimum atomic E-state index is 0.424. The number of nitrogens with one attached hydrogen (secondary N) is 1. The molecule has 0 aromatic heterocycles. The number of para-hydroxylation sites is 1. The first-order chi connectivity index (χ1) is 7.29. The summed E-state index contributed by atoms with van der Waals surface area (Å²) in [4.78, 5) is 2.47. The highest BCUT2D eigenvalue weighted by atomic mass is 15.2. The van der Waals surface area contributed by atoms with Crippen LogP contribution in [0.1, 0.15) is 18.5 Å². The number of hydrogen-bond acceptors (Lipinski definition) is 3. The van der Waals surface area contributed by atoms with E-state index in [9.17, 15) is 0 Å². The normalized spacial score (nSPS) is 20.1. The zero-order valence-corrected chi connectivity index (χ0v) is 9.24. The molecule has 0 radical (unpaired) electrons. The van der Waals surface area contributed by atoms with Gasteiger partial charge in [-0.25, -0.2) is 0 Å². The van der Waals surface area contributed by atoms with Crippen molar-refractivity contribution in [2.45, 2.75) is 13.0 Å². The molecule has 0 spiro atoms. The van der Waals surface area contributed by atoms with Crippen molar-refractivity contribution in [3.63, 3.8) is 0 Å². The van der Waals surface area contributed by atoms with E-state index in [1.807, 2.05) is 12.1 Å². The van der Waals surface area contributed by atoms with E-state index < -0.39 is 0 Å². The predicted octanol–water partition coefficient (Wildman–Crippen LogP) is 1.24. The number of anilines is 1. The average molecular weight is 205 g/mol. The van der Waals surface area contributed by atoms with Crippen molar-refractivity contribution in [2.75, 3.05) is 31.9 Å². The Morgan fingerprint density at radius 3 is 2.60 bits per heavy atom. The molecule has 1 heterocycles. The zero-order chi connectivity index (χ0) is 10.7. The number of nitrogens with two attached hydrogens (primary N) is 1. The van der Waals surface area contributed by atoms with Gasteiger partial charge in [0.1, 0.15) is 0 Å². The molecule has 3 nitrogen and oxygen atoms in total. The van der Waals surface area contributed by atoms with Gasteiger partial charge in [-0.15, -0.1) is 0 Å². The third-order valence-corrected chi connectivity index (χ3v) is 3.15. The number of rotatable bonds is 2.